The molecule has 0 spiro atoms. The molecule has 0 aliphatic carbocycles. The molecule has 0 saturated heterocycles. The molecule has 0 radical (unpaired) electrons. The molecule has 1 aromatic rings. The summed E-state index contributed by atoms with van der Waals surface area (Å²) in [4.78, 5) is 25.3. The summed E-state index contributed by atoms with van der Waals surface area (Å²) in [6.45, 7) is 1.58. The predicted molar refractivity (Wildman–Crippen MR) is 77.2 cm³/mol. The molecular formula is C15H16F3N3O2. The molecule has 0 unspecified atom stereocenters. The zero-order chi connectivity index (χ0) is 17.4. The lowest BCUT2D eigenvalue weighted by Crippen LogP contribution is -2.46. The number of carbonyl (C=O) groups excluding carboxylic acids is 2. The minimum Gasteiger partial charge on any atom is -0.345 e. The molecule has 1 aliphatic heterocycles. The van der Waals surface area contributed by atoms with Gasteiger partial charge in [0.2, 0.25) is 0 Å². The standard InChI is InChI=1S/C15H16F3N3O2/c1-8-11(13(22)21(2)3)12(20-14(23)19-8)9-4-6-10(7-5-9)15(16,17)18/h4-7,12H,1-3H3,(H2,19,20,23)/t12-/m0/s1. The molecule has 0 bridgehead atoms. The molecule has 2 N–H and O–H groups in total. The number of carbonyl (C=O) groups is 2. The Morgan fingerprint density at radius 2 is 1.74 bits per heavy atom. The van der Waals surface area contributed by atoms with Crippen LogP contribution in [-0.4, -0.2) is 30.9 Å². The number of nitrogens with zero attached hydrogens (tertiary/aromatic N) is 1. The Kier molecular flexibility index (Phi) is 4.35. The topological polar surface area (TPSA) is 61.4 Å². The summed E-state index contributed by atoms with van der Waals surface area (Å²) in [6, 6.07) is 3.06. The van der Waals surface area contributed by atoms with E-state index in [9.17, 15) is 22.8 Å². The SMILES string of the molecule is CC1=C(C(=O)N(C)C)[C@H](c2ccc(C(F)(F)F)cc2)NC(=O)N1. The fourth-order valence-electron chi connectivity index (χ4n) is 2.33. The highest BCUT2D eigenvalue weighted by Gasteiger charge is 2.34. The van der Waals surface area contributed by atoms with Crippen molar-refractivity contribution in [2.75, 3.05) is 14.1 Å². The normalized spacial score (nSPS) is 18.3. The molecule has 0 fully saturated rings. The summed E-state index contributed by atoms with van der Waals surface area (Å²) in [5, 5.41) is 5.07. The second-order valence-electron chi connectivity index (χ2n) is 5.39. The summed E-state index contributed by atoms with van der Waals surface area (Å²) < 4.78 is 37.9. The van der Waals surface area contributed by atoms with Crippen LogP contribution in [-0.2, 0) is 11.0 Å². The van der Waals surface area contributed by atoms with Gasteiger partial charge in [0.15, 0.2) is 0 Å². The van der Waals surface area contributed by atoms with Crippen molar-refractivity contribution in [1.29, 1.82) is 0 Å². The molecule has 23 heavy (non-hydrogen) atoms. The van der Waals surface area contributed by atoms with Crippen molar-refractivity contribution < 1.29 is 22.8 Å². The van der Waals surface area contributed by atoms with E-state index in [0.29, 0.717) is 11.3 Å². The van der Waals surface area contributed by atoms with Crippen LogP contribution < -0.4 is 10.6 Å². The Hall–Kier alpha value is -2.51. The molecule has 1 heterocycles. The van der Waals surface area contributed by atoms with Gasteiger partial charge < -0.3 is 15.5 Å². The largest absolute Gasteiger partial charge is 0.416 e. The Balaban J connectivity index is 2.44. The first kappa shape index (κ1) is 16.9. The van der Waals surface area contributed by atoms with Crippen LogP contribution in [0.2, 0.25) is 0 Å². The molecule has 1 aromatic carbocycles. The number of alkyl halides is 3. The van der Waals surface area contributed by atoms with Crippen LogP contribution in [0.25, 0.3) is 0 Å². The number of allylic oxidation sites excluding steroid dienone is 1. The molecule has 2 rings (SSSR count). The van der Waals surface area contributed by atoms with Crippen LogP contribution in [0.5, 0.6) is 0 Å². The van der Waals surface area contributed by atoms with Gasteiger partial charge in [0.05, 0.1) is 17.2 Å². The van der Waals surface area contributed by atoms with E-state index in [1.54, 1.807) is 21.0 Å². The molecule has 0 aromatic heterocycles. The Morgan fingerprint density at radius 1 is 1.17 bits per heavy atom. The Labute approximate surface area is 131 Å². The van der Waals surface area contributed by atoms with Crippen LogP contribution in [0.3, 0.4) is 0 Å². The lowest BCUT2D eigenvalue weighted by Gasteiger charge is -2.30. The average Bonchev–Trinajstić information content (AvgIpc) is 2.45. The van der Waals surface area contributed by atoms with E-state index >= 15 is 0 Å². The number of amides is 3. The van der Waals surface area contributed by atoms with Crippen LogP contribution in [0.15, 0.2) is 35.5 Å². The molecule has 1 atom stereocenters. The first-order valence-electron chi connectivity index (χ1n) is 6.78. The second kappa shape index (κ2) is 5.94. The maximum Gasteiger partial charge on any atom is 0.416 e. The molecule has 5 nitrogen and oxygen atoms in total. The number of halogens is 3. The average molecular weight is 327 g/mol. The first-order chi connectivity index (χ1) is 10.6. The van der Waals surface area contributed by atoms with Gasteiger partial charge in [-0.15, -0.1) is 0 Å². The smallest absolute Gasteiger partial charge is 0.345 e. The fourth-order valence-corrected chi connectivity index (χ4v) is 2.33. The highest BCUT2D eigenvalue weighted by Crippen LogP contribution is 2.32. The Bertz CT molecular complexity index is 664. The summed E-state index contributed by atoms with van der Waals surface area (Å²) >= 11 is 0. The maximum absolute atomic E-state index is 12.6. The van der Waals surface area contributed by atoms with E-state index in [-0.39, 0.29) is 11.5 Å². The monoisotopic (exact) mass is 327 g/mol. The third-order valence-electron chi connectivity index (χ3n) is 3.48. The highest BCUT2D eigenvalue weighted by atomic mass is 19.4. The number of benzene rings is 1. The van der Waals surface area contributed by atoms with Crippen molar-refractivity contribution >= 4 is 11.9 Å². The molecule has 124 valence electrons. The van der Waals surface area contributed by atoms with Crippen molar-refractivity contribution in [3.05, 3.63) is 46.7 Å². The van der Waals surface area contributed by atoms with Gasteiger partial charge in [0.25, 0.3) is 5.91 Å². The van der Waals surface area contributed by atoms with Crippen LogP contribution >= 0.6 is 0 Å². The minimum absolute atomic E-state index is 0.286. The zero-order valence-electron chi connectivity index (χ0n) is 12.8. The molecule has 8 heteroatoms. The number of nitrogens with one attached hydrogen (secondary N) is 2. The third kappa shape index (κ3) is 3.46. The van der Waals surface area contributed by atoms with Crippen LogP contribution in [0, 0.1) is 0 Å². The van der Waals surface area contributed by atoms with Gasteiger partial charge in [0.1, 0.15) is 0 Å². The van der Waals surface area contributed by atoms with E-state index < -0.39 is 23.8 Å². The van der Waals surface area contributed by atoms with Gasteiger partial charge in [-0.25, -0.2) is 4.79 Å². The lowest BCUT2D eigenvalue weighted by atomic mass is 9.94. The van der Waals surface area contributed by atoms with E-state index in [4.69, 9.17) is 0 Å². The second-order valence-corrected chi connectivity index (χ2v) is 5.39. The number of urea groups is 1. The fraction of sp³-hybridized carbons (Fsp3) is 0.333. The number of hydrogen-bond acceptors (Lipinski definition) is 2. The van der Waals surface area contributed by atoms with Crippen molar-refractivity contribution in [3.63, 3.8) is 0 Å². The van der Waals surface area contributed by atoms with Crippen LogP contribution in [0.4, 0.5) is 18.0 Å². The molecule has 0 saturated carbocycles. The maximum atomic E-state index is 12.6. The number of rotatable bonds is 2. The molecule has 3 amide bonds. The van der Waals surface area contributed by atoms with Gasteiger partial charge in [0, 0.05) is 19.8 Å². The number of hydrogen-bond donors (Lipinski definition) is 2. The van der Waals surface area contributed by atoms with Gasteiger partial charge in [-0.2, -0.15) is 13.2 Å². The quantitative estimate of drug-likeness (QED) is 0.876. The van der Waals surface area contributed by atoms with Gasteiger partial charge in [-0.3, -0.25) is 4.79 Å². The molecule has 1 aliphatic rings. The minimum atomic E-state index is -4.44. The summed E-state index contributed by atoms with van der Waals surface area (Å²) in [7, 11) is 3.12. The van der Waals surface area contributed by atoms with Gasteiger partial charge in [-0.05, 0) is 24.6 Å². The van der Waals surface area contributed by atoms with E-state index in [1.807, 2.05) is 0 Å². The van der Waals surface area contributed by atoms with Crippen molar-refractivity contribution in [2.45, 2.75) is 19.1 Å². The van der Waals surface area contributed by atoms with Crippen molar-refractivity contribution in [3.8, 4) is 0 Å². The van der Waals surface area contributed by atoms with Gasteiger partial charge >= 0.3 is 12.2 Å². The summed E-state index contributed by atoms with van der Waals surface area (Å²) in [5.41, 5.74) is 0.270. The van der Waals surface area contributed by atoms with E-state index in [1.165, 1.54) is 17.0 Å². The first-order valence-corrected chi connectivity index (χ1v) is 6.78. The van der Waals surface area contributed by atoms with Gasteiger partial charge in [-0.1, -0.05) is 12.1 Å². The molecular weight excluding hydrogens is 311 g/mol. The third-order valence-corrected chi connectivity index (χ3v) is 3.48. The number of likely N-dealkylation sites (N-methyl/N-ethyl adjacent to an activating group) is 1. The van der Waals surface area contributed by atoms with Crippen molar-refractivity contribution in [1.82, 2.24) is 15.5 Å². The van der Waals surface area contributed by atoms with E-state index in [2.05, 4.69) is 10.6 Å². The lowest BCUT2D eigenvalue weighted by molar-refractivity contribution is -0.137. The predicted octanol–water partition coefficient (Wildman–Crippen LogP) is 2.42. The van der Waals surface area contributed by atoms with Crippen molar-refractivity contribution in [2.24, 2.45) is 0 Å². The summed E-state index contributed by atoms with van der Waals surface area (Å²) in [6.07, 6.45) is -4.44. The Morgan fingerprint density at radius 3 is 2.22 bits per heavy atom. The highest BCUT2D eigenvalue weighted by molar-refractivity contribution is 5.98. The zero-order valence-corrected chi connectivity index (χ0v) is 12.8. The van der Waals surface area contributed by atoms with Crippen LogP contribution in [0.1, 0.15) is 24.1 Å². The van der Waals surface area contributed by atoms with E-state index in [0.717, 1.165) is 12.1 Å². The summed E-state index contributed by atoms with van der Waals surface area (Å²) in [5.74, 6) is -0.333.